The summed E-state index contributed by atoms with van der Waals surface area (Å²) in [5.41, 5.74) is 1.24. The lowest BCUT2D eigenvalue weighted by atomic mass is 10.1. The van der Waals surface area contributed by atoms with Gasteiger partial charge in [-0.3, -0.25) is 9.78 Å². The first-order valence-corrected chi connectivity index (χ1v) is 9.57. The molecular weight excluding hydrogens is 405 g/mol. The number of rotatable bonds is 5. The van der Waals surface area contributed by atoms with Crippen molar-refractivity contribution in [2.24, 2.45) is 0 Å². The minimum Gasteiger partial charge on any atom is -0.455 e. The minimum atomic E-state index is -0.409. The van der Waals surface area contributed by atoms with E-state index in [0.717, 1.165) is 5.69 Å². The fourth-order valence-electron chi connectivity index (χ4n) is 3.08. The van der Waals surface area contributed by atoms with Crippen LogP contribution in [0.5, 0.6) is 11.5 Å². The van der Waals surface area contributed by atoms with E-state index >= 15 is 0 Å². The van der Waals surface area contributed by atoms with Gasteiger partial charge in [0.1, 0.15) is 28.4 Å². The fraction of sp³-hybridized carbons (Fsp3) is 0.0870. The first kappa shape index (κ1) is 19.8. The Hall–Kier alpha value is -3.51. The summed E-state index contributed by atoms with van der Waals surface area (Å²) in [6.45, 7) is 0.321. The van der Waals surface area contributed by atoms with Crippen molar-refractivity contribution in [3.63, 3.8) is 0 Å². The van der Waals surface area contributed by atoms with Crippen LogP contribution in [0.15, 0.2) is 73.1 Å². The third-order valence-electron chi connectivity index (χ3n) is 4.53. The van der Waals surface area contributed by atoms with Crippen LogP contribution in [0.3, 0.4) is 0 Å². The number of hydrogen-bond donors (Lipinski definition) is 0. The number of benzene rings is 2. The van der Waals surface area contributed by atoms with Gasteiger partial charge < -0.3 is 9.64 Å². The highest BCUT2D eigenvalue weighted by atomic mass is 35.5. The zero-order valence-electron chi connectivity index (χ0n) is 16.0. The Bertz CT molecular complexity index is 1220. The maximum Gasteiger partial charge on any atom is 0.259 e. The standard InChI is InChI=1S/C23H17ClFN3O2/c1-28(14-16-7-2-3-11-26-16)23(29)21-18(24)8-5-10-20(21)30-17-12-15-6-4-9-19(25)22(15)27-13-17/h2-13H,14H2,1H3. The second-order valence-corrected chi connectivity index (χ2v) is 7.09. The van der Waals surface area contributed by atoms with E-state index in [2.05, 4.69) is 9.97 Å². The van der Waals surface area contributed by atoms with Crippen molar-refractivity contribution in [3.8, 4) is 11.5 Å². The predicted octanol–water partition coefficient (Wildman–Crippen LogP) is 5.49. The van der Waals surface area contributed by atoms with Crippen LogP contribution < -0.4 is 4.74 Å². The topological polar surface area (TPSA) is 55.3 Å². The van der Waals surface area contributed by atoms with E-state index in [1.165, 1.54) is 17.2 Å². The van der Waals surface area contributed by atoms with Gasteiger partial charge in [0, 0.05) is 18.6 Å². The highest BCUT2D eigenvalue weighted by molar-refractivity contribution is 6.34. The molecule has 2 heterocycles. The van der Waals surface area contributed by atoms with Crippen LogP contribution in [-0.2, 0) is 6.54 Å². The maximum atomic E-state index is 13.9. The lowest BCUT2D eigenvalue weighted by molar-refractivity contribution is 0.0781. The molecule has 0 N–H and O–H groups in total. The number of pyridine rings is 2. The largest absolute Gasteiger partial charge is 0.455 e. The zero-order valence-corrected chi connectivity index (χ0v) is 16.8. The molecule has 150 valence electrons. The van der Waals surface area contributed by atoms with Gasteiger partial charge >= 0.3 is 0 Å². The van der Waals surface area contributed by atoms with Gasteiger partial charge in [-0.15, -0.1) is 0 Å². The second-order valence-electron chi connectivity index (χ2n) is 6.68. The summed E-state index contributed by atoms with van der Waals surface area (Å²) >= 11 is 6.35. The van der Waals surface area contributed by atoms with Crippen LogP contribution in [0.2, 0.25) is 5.02 Å². The Labute approximate surface area is 177 Å². The molecule has 30 heavy (non-hydrogen) atoms. The molecule has 0 fully saturated rings. The van der Waals surface area contributed by atoms with Gasteiger partial charge in [-0.1, -0.05) is 35.9 Å². The third kappa shape index (κ3) is 4.09. The lowest BCUT2D eigenvalue weighted by Gasteiger charge is -2.19. The Kier molecular flexibility index (Phi) is 5.59. The normalized spacial score (nSPS) is 10.8. The summed E-state index contributed by atoms with van der Waals surface area (Å²) in [6, 6.07) is 16.9. The van der Waals surface area contributed by atoms with Crippen molar-refractivity contribution in [2.75, 3.05) is 7.05 Å². The summed E-state index contributed by atoms with van der Waals surface area (Å²) < 4.78 is 19.8. The monoisotopic (exact) mass is 421 g/mol. The van der Waals surface area contributed by atoms with Gasteiger partial charge in [0.15, 0.2) is 0 Å². The molecule has 0 saturated carbocycles. The molecule has 2 aromatic heterocycles. The Morgan fingerprint density at radius 2 is 1.93 bits per heavy atom. The number of para-hydroxylation sites is 1. The van der Waals surface area contributed by atoms with Gasteiger partial charge in [-0.2, -0.15) is 0 Å². The van der Waals surface area contributed by atoms with Crippen molar-refractivity contribution >= 4 is 28.4 Å². The summed E-state index contributed by atoms with van der Waals surface area (Å²) in [4.78, 5) is 23.0. The van der Waals surface area contributed by atoms with Crippen LogP contribution in [0.4, 0.5) is 4.39 Å². The van der Waals surface area contributed by atoms with Gasteiger partial charge in [-0.25, -0.2) is 9.37 Å². The van der Waals surface area contributed by atoms with Crippen molar-refractivity contribution < 1.29 is 13.9 Å². The first-order chi connectivity index (χ1) is 14.5. The zero-order chi connectivity index (χ0) is 21.1. The first-order valence-electron chi connectivity index (χ1n) is 9.19. The molecule has 4 rings (SSSR count). The maximum absolute atomic E-state index is 13.9. The van der Waals surface area contributed by atoms with Crippen molar-refractivity contribution in [2.45, 2.75) is 6.54 Å². The van der Waals surface area contributed by atoms with Crippen LogP contribution >= 0.6 is 11.6 Å². The Morgan fingerprint density at radius 3 is 2.73 bits per heavy atom. The van der Waals surface area contributed by atoms with Crippen LogP contribution in [0, 0.1) is 5.82 Å². The SMILES string of the molecule is CN(Cc1ccccn1)C(=O)c1c(Cl)cccc1Oc1cnc2c(F)cccc2c1. The van der Waals surface area contributed by atoms with E-state index in [1.54, 1.807) is 49.6 Å². The molecule has 5 nitrogen and oxygen atoms in total. The molecule has 0 saturated heterocycles. The summed E-state index contributed by atoms with van der Waals surface area (Å²) in [5.74, 6) is -0.0513. The molecule has 0 aliphatic carbocycles. The number of ether oxygens (including phenoxy) is 1. The number of nitrogens with zero attached hydrogens (tertiary/aromatic N) is 3. The van der Waals surface area contributed by atoms with E-state index in [9.17, 15) is 9.18 Å². The van der Waals surface area contributed by atoms with Crippen molar-refractivity contribution in [3.05, 3.63) is 95.2 Å². The molecule has 0 bridgehead atoms. The number of aromatic nitrogens is 2. The van der Waals surface area contributed by atoms with Gasteiger partial charge in [0.05, 0.1) is 23.5 Å². The smallest absolute Gasteiger partial charge is 0.259 e. The number of carbonyl (C=O) groups is 1. The number of hydrogen-bond acceptors (Lipinski definition) is 4. The van der Waals surface area contributed by atoms with E-state index in [0.29, 0.717) is 17.7 Å². The second kappa shape index (κ2) is 8.47. The van der Waals surface area contributed by atoms with Crippen LogP contribution in [-0.4, -0.2) is 27.8 Å². The average Bonchev–Trinajstić information content (AvgIpc) is 2.74. The van der Waals surface area contributed by atoms with E-state index in [1.807, 2.05) is 18.2 Å². The molecule has 4 aromatic rings. The highest BCUT2D eigenvalue weighted by Gasteiger charge is 2.21. The minimum absolute atomic E-state index is 0.233. The molecule has 1 amide bonds. The highest BCUT2D eigenvalue weighted by Crippen LogP contribution is 2.32. The molecular formula is C23H17ClFN3O2. The molecule has 7 heteroatoms. The third-order valence-corrected chi connectivity index (χ3v) is 4.84. The average molecular weight is 422 g/mol. The Morgan fingerprint density at radius 1 is 1.10 bits per heavy atom. The van der Waals surface area contributed by atoms with E-state index in [4.69, 9.17) is 16.3 Å². The lowest BCUT2D eigenvalue weighted by Crippen LogP contribution is -2.27. The van der Waals surface area contributed by atoms with Crippen LogP contribution in [0.1, 0.15) is 16.1 Å². The summed E-state index contributed by atoms with van der Waals surface area (Å²) in [5, 5.41) is 0.861. The van der Waals surface area contributed by atoms with Crippen LogP contribution in [0.25, 0.3) is 10.9 Å². The Balaban J connectivity index is 1.64. The van der Waals surface area contributed by atoms with Gasteiger partial charge in [0.25, 0.3) is 5.91 Å². The van der Waals surface area contributed by atoms with Crippen molar-refractivity contribution in [1.29, 1.82) is 0 Å². The predicted molar refractivity (Wildman–Crippen MR) is 113 cm³/mol. The fourth-order valence-corrected chi connectivity index (χ4v) is 3.33. The summed E-state index contributed by atoms with van der Waals surface area (Å²) in [6.07, 6.45) is 3.09. The molecule has 0 unspecified atom stereocenters. The summed E-state index contributed by atoms with van der Waals surface area (Å²) in [7, 11) is 1.67. The number of carbonyl (C=O) groups excluding carboxylic acids is 1. The number of halogens is 2. The van der Waals surface area contributed by atoms with Gasteiger partial charge in [0.2, 0.25) is 0 Å². The van der Waals surface area contributed by atoms with Gasteiger partial charge in [-0.05, 0) is 36.4 Å². The molecule has 2 aromatic carbocycles. The van der Waals surface area contributed by atoms with E-state index < -0.39 is 5.82 Å². The number of amides is 1. The molecule has 0 atom stereocenters. The van der Waals surface area contributed by atoms with Crippen molar-refractivity contribution in [1.82, 2.24) is 14.9 Å². The number of fused-ring (bicyclic) bond motifs is 1. The molecule has 0 radical (unpaired) electrons. The molecule has 0 spiro atoms. The van der Waals surface area contributed by atoms with E-state index in [-0.39, 0.29) is 27.8 Å². The quantitative estimate of drug-likeness (QED) is 0.427. The molecule has 0 aliphatic heterocycles. The molecule has 0 aliphatic rings.